The predicted octanol–water partition coefficient (Wildman–Crippen LogP) is 0.676. The molecule has 0 spiro atoms. The van der Waals surface area contributed by atoms with Gasteiger partial charge < -0.3 is 5.32 Å². The third-order valence-corrected chi connectivity index (χ3v) is 4.78. The number of nitrogens with zero attached hydrogens (tertiary/aromatic N) is 5. The first-order valence-electron chi connectivity index (χ1n) is 7.19. The minimum atomic E-state index is 0.0222. The van der Waals surface area contributed by atoms with Gasteiger partial charge in [0.05, 0.1) is 17.2 Å². The van der Waals surface area contributed by atoms with Gasteiger partial charge in [0.2, 0.25) is 5.91 Å². The van der Waals surface area contributed by atoms with Crippen molar-refractivity contribution in [2.24, 2.45) is 0 Å². The van der Waals surface area contributed by atoms with E-state index in [9.17, 15) is 4.79 Å². The number of amides is 1. The molecule has 8 heteroatoms. The quantitative estimate of drug-likeness (QED) is 0.848. The molecule has 0 atom stereocenters. The number of carbonyl (C=O) groups is 1. The van der Waals surface area contributed by atoms with Crippen molar-refractivity contribution in [2.75, 3.05) is 6.54 Å². The van der Waals surface area contributed by atoms with Gasteiger partial charge in [0.1, 0.15) is 5.82 Å². The lowest BCUT2D eigenvalue weighted by atomic mass is 10.3. The second-order valence-corrected chi connectivity index (χ2v) is 6.30. The van der Waals surface area contributed by atoms with Crippen molar-refractivity contribution in [3.8, 4) is 0 Å². The monoisotopic (exact) mass is 306 g/mol. The number of rotatable bonds is 6. The largest absolute Gasteiger partial charge is 0.356 e. The predicted molar refractivity (Wildman–Crippen MR) is 78.0 cm³/mol. The number of carbonyl (C=O) groups excluding carboxylic acids is 1. The Hall–Kier alpha value is -1.83. The summed E-state index contributed by atoms with van der Waals surface area (Å²) in [4.78, 5) is 17.8. The molecule has 0 aliphatic heterocycles. The molecule has 1 aliphatic carbocycles. The highest BCUT2D eigenvalue weighted by atomic mass is 32.1. The summed E-state index contributed by atoms with van der Waals surface area (Å²) in [7, 11) is 0. The SMILES string of the molecule is Cc1nnnn1CCC(=O)NCCc1nc2c(s1)CCC2. The van der Waals surface area contributed by atoms with Crippen molar-refractivity contribution in [3.63, 3.8) is 0 Å². The van der Waals surface area contributed by atoms with Crippen molar-refractivity contribution in [3.05, 3.63) is 21.4 Å². The molecule has 0 aromatic carbocycles. The summed E-state index contributed by atoms with van der Waals surface area (Å²) in [5.41, 5.74) is 1.27. The van der Waals surface area contributed by atoms with Crippen LogP contribution in [0.2, 0.25) is 0 Å². The van der Waals surface area contributed by atoms with Gasteiger partial charge in [-0.1, -0.05) is 0 Å². The van der Waals surface area contributed by atoms with Crippen LogP contribution in [0.3, 0.4) is 0 Å². The number of nitrogens with one attached hydrogen (secondary N) is 1. The zero-order valence-corrected chi connectivity index (χ0v) is 12.8. The molecule has 2 heterocycles. The molecule has 0 saturated heterocycles. The molecule has 3 rings (SSSR count). The van der Waals surface area contributed by atoms with Crippen LogP contribution in [0.1, 0.15) is 34.2 Å². The van der Waals surface area contributed by atoms with Gasteiger partial charge in [-0.3, -0.25) is 4.79 Å². The van der Waals surface area contributed by atoms with Crippen LogP contribution in [0.15, 0.2) is 0 Å². The second kappa shape index (κ2) is 6.30. The van der Waals surface area contributed by atoms with E-state index in [0.717, 1.165) is 23.7 Å². The van der Waals surface area contributed by atoms with E-state index in [-0.39, 0.29) is 5.91 Å². The maximum Gasteiger partial charge on any atom is 0.221 e. The molecule has 1 amide bonds. The van der Waals surface area contributed by atoms with Crippen LogP contribution in [-0.4, -0.2) is 37.6 Å². The molecule has 0 saturated carbocycles. The first-order valence-corrected chi connectivity index (χ1v) is 8.01. The zero-order chi connectivity index (χ0) is 14.7. The molecule has 0 bridgehead atoms. The lowest BCUT2D eigenvalue weighted by Gasteiger charge is -2.04. The van der Waals surface area contributed by atoms with Crippen LogP contribution in [0.25, 0.3) is 0 Å². The highest BCUT2D eigenvalue weighted by Crippen LogP contribution is 2.27. The molecule has 21 heavy (non-hydrogen) atoms. The summed E-state index contributed by atoms with van der Waals surface area (Å²) in [5, 5.41) is 15.2. The Morgan fingerprint density at radius 2 is 2.33 bits per heavy atom. The fourth-order valence-electron chi connectivity index (χ4n) is 2.41. The van der Waals surface area contributed by atoms with Gasteiger partial charge in [-0.2, -0.15) is 0 Å². The molecule has 2 aromatic heterocycles. The first-order chi connectivity index (χ1) is 10.2. The van der Waals surface area contributed by atoms with Gasteiger partial charge in [-0.15, -0.1) is 16.4 Å². The van der Waals surface area contributed by atoms with Crippen LogP contribution < -0.4 is 5.32 Å². The Kier molecular flexibility index (Phi) is 4.23. The Labute approximate surface area is 126 Å². The standard InChI is InChI=1S/C13H18N6OS/c1-9-16-17-18-19(9)8-6-12(20)14-7-5-13-15-10-3-2-4-11(10)21-13/h2-8H2,1H3,(H,14,20). The summed E-state index contributed by atoms with van der Waals surface area (Å²) in [6, 6.07) is 0. The Morgan fingerprint density at radius 1 is 1.43 bits per heavy atom. The van der Waals surface area contributed by atoms with Crippen LogP contribution in [0.5, 0.6) is 0 Å². The van der Waals surface area contributed by atoms with E-state index in [1.165, 1.54) is 23.4 Å². The average Bonchev–Trinajstić information content (AvgIpc) is 3.12. The van der Waals surface area contributed by atoms with Gasteiger partial charge in [-0.25, -0.2) is 9.67 Å². The topological polar surface area (TPSA) is 85.6 Å². The van der Waals surface area contributed by atoms with Crippen molar-refractivity contribution >= 4 is 17.2 Å². The van der Waals surface area contributed by atoms with Gasteiger partial charge in [0, 0.05) is 24.3 Å². The highest BCUT2D eigenvalue weighted by Gasteiger charge is 2.16. The zero-order valence-electron chi connectivity index (χ0n) is 12.0. The fraction of sp³-hybridized carbons (Fsp3) is 0.615. The number of fused-ring (bicyclic) bond motifs is 1. The van der Waals surface area contributed by atoms with Crippen LogP contribution in [-0.2, 0) is 30.6 Å². The summed E-state index contributed by atoms with van der Waals surface area (Å²) in [6.07, 6.45) is 4.73. The van der Waals surface area contributed by atoms with Crippen molar-refractivity contribution in [1.29, 1.82) is 0 Å². The Bertz CT molecular complexity index is 613. The maximum atomic E-state index is 11.8. The molecule has 7 nitrogen and oxygen atoms in total. The third-order valence-electron chi connectivity index (χ3n) is 3.56. The fourth-order valence-corrected chi connectivity index (χ4v) is 3.57. The number of thiazole rings is 1. The van der Waals surface area contributed by atoms with E-state index in [0.29, 0.717) is 19.5 Å². The minimum Gasteiger partial charge on any atom is -0.356 e. The molecule has 0 radical (unpaired) electrons. The normalized spacial score (nSPS) is 13.4. The summed E-state index contributed by atoms with van der Waals surface area (Å²) in [6.45, 7) is 2.97. The van der Waals surface area contributed by atoms with Crippen molar-refractivity contribution in [2.45, 2.75) is 45.6 Å². The van der Waals surface area contributed by atoms with E-state index in [2.05, 4.69) is 25.8 Å². The van der Waals surface area contributed by atoms with Gasteiger partial charge >= 0.3 is 0 Å². The van der Waals surface area contributed by atoms with E-state index in [1.807, 2.05) is 6.92 Å². The van der Waals surface area contributed by atoms with Crippen LogP contribution >= 0.6 is 11.3 Å². The second-order valence-electron chi connectivity index (χ2n) is 5.13. The smallest absolute Gasteiger partial charge is 0.221 e. The van der Waals surface area contributed by atoms with Crippen molar-refractivity contribution < 1.29 is 4.79 Å². The molecule has 0 fully saturated rings. The van der Waals surface area contributed by atoms with Gasteiger partial charge in [0.25, 0.3) is 0 Å². The number of hydrogen-bond acceptors (Lipinski definition) is 6. The Morgan fingerprint density at radius 3 is 3.10 bits per heavy atom. The lowest BCUT2D eigenvalue weighted by molar-refractivity contribution is -0.121. The summed E-state index contributed by atoms with van der Waals surface area (Å²) < 4.78 is 1.63. The molecule has 0 unspecified atom stereocenters. The Balaban J connectivity index is 1.38. The molecule has 112 valence electrons. The van der Waals surface area contributed by atoms with Gasteiger partial charge in [-0.05, 0) is 36.6 Å². The number of hydrogen-bond donors (Lipinski definition) is 1. The lowest BCUT2D eigenvalue weighted by Crippen LogP contribution is -2.26. The number of aromatic nitrogens is 5. The molecule has 1 aliphatic rings. The van der Waals surface area contributed by atoms with E-state index < -0.39 is 0 Å². The highest BCUT2D eigenvalue weighted by molar-refractivity contribution is 7.11. The molecule has 2 aromatic rings. The minimum absolute atomic E-state index is 0.0222. The molecular formula is C13H18N6OS. The summed E-state index contributed by atoms with van der Waals surface area (Å²) in [5.74, 6) is 0.745. The van der Waals surface area contributed by atoms with Crippen molar-refractivity contribution in [1.82, 2.24) is 30.5 Å². The van der Waals surface area contributed by atoms with Gasteiger partial charge in [0.15, 0.2) is 0 Å². The third kappa shape index (κ3) is 3.44. The van der Waals surface area contributed by atoms with Crippen LogP contribution in [0, 0.1) is 6.92 Å². The summed E-state index contributed by atoms with van der Waals surface area (Å²) >= 11 is 1.79. The number of tetrazole rings is 1. The number of aryl methyl sites for hydroxylation is 4. The maximum absolute atomic E-state index is 11.8. The van der Waals surface area contributed by atoms with E-state index in [4.69, 9.17) is 0 Å². The molecular weight excluding hydrogens is 288 g/mol. The van der Waals surface area contributed by atoms with E-state index in [1.54, 1.807) is 16.0 Å². The average molecular weight is 306 g/mol. The first kappa shape index (κ1) is 14.1. The van der Waals surface area contributed by atoms with Crippen LogP contribution in [0.4, 0.5) is 0 Å². The molecule has 1 N–H and O–H groups in total. The van der Waals surface area contributed by atoms with E-state index >= 15 is 0 Å².